The number of aliphatic hydroxyl groups excluding tert-OH is 2. The zero-order valence-electron chi connectivity index (χ0n) is 32.9. The number of carbonyl (C=O) groups is 6. The van der Waals surface area contributed by atoms with Crippen molar-refractivity contribution in [2.45, 2.75) is 101 Å². The largest absolute Gasteiger partial charge is 1.00 e. The van der Waals surface area contributed by atoms with Crippen molar-refractivity contribution in [1.29, 1.82) is 0 Å². The molecule has 0 aromatic heterocycles. The quantitative estimate of drug-likeness (QED) is 0.0615. The number of phenolic OH excluding ortho intramolecular Hbond substituents is 2. The fraction of sp³-hybridized carbons (Fsp3) is 0.500. The molecule has 0 unspecified atom stereocenters. The van der Waals surface area contributed by atoms with Gasteiger partial charge in [-0.15, -0.1) is 0 Å². The monoisotopic (exact) mass is 832 g/mol. The summed E-state index contributed by atoms with van der Waals surface area (Å²) in [7, 11) is 1.29. The molecule has 19 heteroatoms. The molecule has 0 radical (unpaired) electrons. The van der Waals surface area contributed by atoms with Gasteiger partial charge in [-0.3, -0.25) is 19.2 Å². The molecule has 2 amide bonds. The first kappa shape index (κ1) is 45.7. The number of allylic oxidation sites excluding steroid dienone is 1. The van der Waals surface area contributed by atoms with E-state index in [0.29, 0.717) is 19.3 Å². The Kier molecular flexibility index (Phi) is 14.0. The minimum atomic E-state index is -2.39. The number of Topliss-reactive ketones (excluding diaryl/α,β-unsaturated/α-hetero) is 1. The van der Waals surface area contributed by atoms with Gasteiger partial charge in [-0.25, -0.2) is 4.79 Å². The smallest absolute Gasteiger partial charge is 0.548 e. The van der Waals surface area contributed by atoms with Gasteiger partial charge in [0, 0.05) is 42.4 Å². The second-order valence-electron chi connectivity index (χ2n) is 15.3. The van der Waals surface area contributed by atoms with Gasteiger partial charge in [0.1, 0.15) is 41.7 Å². The van der Waals surface area contributed by atoms with Crippen LogP contribution < -0.4 is 50.0 Å². The molecule has 1 aliphatic heterocycles. The molecule has 7 N–H and O–H groups in total. The van der Waals surface area contributed by atoms with Crippen LogP contribution in [0.15, 0.2) is 30.4 Å². The van der Waals surface area contributed by atoms with Crippen molar-refractivity contribution < 1.29 is 108 Å². The van der Waals surface area contributed by atoms with Crippen LogP contribution in [0, 0.1) is 5.41 Å². The van der Waals surface area contributed by atoms with Crippen LogP contribution >= 0.6 is 0 Å². The number of carboxylic acid groups (broad SMARTS) is 1. The molecule has 6 rings (SSSR count). The number of rotatable bonds is 10. The number of amides is 2. The van der Waals surface area contributed by atoms with Gasteiger partial charge >= 0.3 is 35.7 Å². The first-order valence-corrected chi connectivity index (χ1v) is 18.8. The topological polar surface area (TPSA) is 288 Å². The van der Waals surface area contributed by atoms with Crippen LogP contribution in [-0.2, 0) is 35.0 Å². The fourth-order valence-corrected chi connectivity index (χ4v) is 8.31. The van der Waals surface area contributed by atoms with E-state index in [9.17, 15) is 59.4 Å². The molecule has 0 bridgehead atoms. The van der Waals surface area contributed by atoms with E-state index in [2.05, 4.69) is 10.6 Å². The van der Waals surface area contributed by atoms with Gasteiger partial charge < -0.3 is 65.0 Å². The Hall–Kier alpha value is -4.40. The maximum absolute atomic E-state index is 14.0. The van der Waals surface area contributed by atoms with Crippen LogP contribution in [0.1, 0.15) is 101 Å². The molecule has 59 heavy (non-hydrogen) atoms. The molecular formula is C40H45N2NaO16. The average molecular weight is 833 g/mol. The Balaban J connectivity index is 0.00000661. The predicted octanol–water partition coefficient (Wildman–Crippen LogP) is -2.86. The number of aliphatic hydroxyl groups is 3. The third-order valence-corrected chi connectivity index (χ3v) is 11.4. The number of benzene rings is 2. The van der Waals surface area contributed by atoms with Crippen molar-refractivity contribution in [3.05, 3.63) is 63.7 Å². The summed E-state index contributed by atoms with van der Waals surface area (Å²) in [5.41, 5.74) is -5.41. The third-order valence-electron chi connectivity index (χ3n) is 11.4. The summed E-state index contributed by atoms with van der Waals surface area (Å²) < 4.78 is 23.1. The molecule has 1 heterocycles. The summed E-state index contributed by atoms with van der Waals surface area (Å²) in [5.74, 6) is -6.29. The van der Waals surface area contributed by atoms with E-state index in [-0.39, 0.29) is 70.4 Å². The molecule has 1 fully saturated rings. The van der Waals surface area contributed by atoms with Crippen LogP contribution in [-0.4, -0.2) is 117 Å². The van der Waals surface area contributed by atoms with E-state index >= 15 is 0 Å². The van der Waals surface area contributed by atoms with Gasteiger partial charge in [0.25, 0.3) is 0 Å². The molecule has 18 nitrogen and oxygen atoms in total. The van der Waals surface area contributed by atoms with Crippen molar-refractivity contribution in [2.75, 3.05) is 20.3 Å². The molecule has 312 valence electrons. The number of ketones is 3. The zero-order chi connectivity index (χ0) is 42.3. The van der Waals surface area contributed by atoms with Crippen LogP contribution in [0.2, 0.25) is 0 Å². The summed E-state index contributed by atoms with van der Waals surface area (Å²) in [6.07, 6.45) is -3.74. The SMILES string of the molecule is COc1cccc2c1C(=O)c1c(O)c3c(c(O)c1C2=O)C[C@@](O)(C(=O)CO)C[C@@H]3O[C@H]1C[C@H](NC(=O)O[C@H]2/C=C/CCC[C@@](C)(C(=O)NCC(=O)[O-])C2)[C@@H](O)[C@H](C)O1.[Na+]. The number of aromatic hydroxyl groups is 2. The van der Waals surface area contributed by atoms with Crippen LogP contribution in [0.4, 0.5) is 4.79 Å². The number of ether oxygens (including phenoxy) is 4. The van der Waals surface area contributed by atoms with Gasteiger partial charge in [-0.2, -0.15) is 0 Å². The zero-order valence-corrected chi connectivity index (χ0v) is 34.9. The molecule has 1 saturated heterocycles. The Bertz CT molecular complexity index is 2070. The molecule has 4 aliphatic rings. The first-order chi connectivity index (χ1) is 27.4. The molecular weight excluding hydrogens is 787 g/mol. The Labute approximate surface area is 360 Å². The van der Waals surface area contributed by atoms with Gasteiger partial charge in [-0.05, 0) is 38.3 Å². The van der Waals surface area contributed by atoms with Crippen molar-refractivity contribution in [1.82, 2.24) is 10.6 Å². The Morgan fingerprint density at radius 1 is 1.05 bits per heavy atom. The molecule has 8 atom stereocenters. The maximum Gasteiger partial charge on any atom is 1.00 e. The standard InChI is InChI=1S/C40H46N2O16.Na/c1-18-32(47)22(42-38(53)57-19-8-5-4-6-11-39(2,13-19)37(52)41-16-26(45)46)12-27(56-18)58-24-15-40(54,25(44)17-43)14-21-29(24)36(51)31-30(34(21)49)33(48)20-9-7-10-23(55-3)28(20)35(31)50;/h5,7-10,18-19,22,24,27,32,43,47,49,51,54H,4,6,11-17H2,1-3H3,(H,41,52)(H,42,53)(H,45,46);/q;+1/p-1/b8-5+;/t18-,19-,22-,24-,27-,32-,39+,40-;/m0./s1. The number of fused-ring (bicyclic) bond motifs is 3. The van der Waals surface area contributed by atoms with E-state index in [0.717, 1.165) is 0 Å². The minimum Gasteiger partial charge on any atom is -0.548 e. The van der Waals surface area contributed by atoms with Crippen molar-refractivity contribution in [3.63, 3.8) is 0 Å². The third kappa shape index (κ3) is 8.90. The summed E-state index contributed by atoms with van der Waals surface area (Å²) in [5, 5.41) is 71.7. The number of aliphatic carboxylic acids is 1. The maximum atomic E-state index is 14.0. The molecule has 0 spiro atoms. The Morgan fingerprint density at radius 2 is 1.76 bits per heavy atom. The average Bonchev–Trinajstić information content (AvgIpc) is 3.17. The van der Waals surface area contributed by atoms with Gasteiger partial charge in [0.2, 0.25) is 11.7 Å². The number of phenols is 2. The second kappa shape index (κ2) is 18.1. The van der Waals surface area contributed by atoms with E-state index in [4.69, 9.17) is 18.9 Å². The summed E-state index contributed by atoms with van der Waals surface area (Å²) in [6, 6.07) is 3.15. The fourth-order valence-electron chi connectivity index (χ4n) is 8.31. The van der Waals surface area contributed by atoms with Gasteiger partial charge in [0.15, 0.2) is 17.9 Å². The number of alkyl carbamates (subject to hydrolysis) is 1. The van der Waals surface area contributed by atoms with Crippen molar-refractivity contribution in [2.24, 2.45) is 5.41 Å². The summed E-state index contributed by atoms with van der Waals surface area (Å²) in [6.45, 7) is 1.31. The van der Waals surface area contributed by atoms with E-state index in [1.54, 1.807) is 19.1 Å². The van der Waals surface area contributed by atoms with Crippen LogP contribution in [0.5, 0.6) is 17.2 Å². The van der Waals surface area contributed by atoms with Crippen LogP contribution in [0.25, 0.3) is 0 Å². The molecule has 2 aromatic rings. The van der Waals surface area contributed by atoms with Gasteiger partial charge in [-0.1, -0.05) is 25.1 Å². The molecule has 3 aliphatic carbocycles. The van der Waals surface area contributed by atoms with Crippen LogP contribution in [0.3, 0.4) is 0 Å². The number of carbonyl (C=O) groups excluding carboxylic acids is 6. The summed E-state index contributed by atoms with van der Waals surface area (Å²) >= 11 is 0. The normalized spacial score (nSPS) is 29.2. The number of nitrogens with one attached hydrogen (secondary N) is 2. The number of carboxylic acids is 1. The Morgan fingerprint density at radius 3 is 2.44 bits per heavy atom. The number of hydrogen-bond acceptors (Lipinski definition) is 16. The van der Waals surface area contributed by atoms with Gasteiger partial charge in [0.05, 0.1) is 60.0 Å². The first-order valence-electron chi connectivity index (χ1n) is 18.8. The van der Waals surface area contributed by atoms with Crippen molar-refractivity contribution in [3.8, 4) is 17.2 Å². The molecule has 2 aromatic carbocycles. The number of methoxy groups -OCH3 is 1. The summed E-state index contributed by atoms with van der Waals surface area (Å²) in [4.78, 5) is 77.9. The minimum absolute atomic E-state index is 0. The second-order valence-corrected chi connectivity index (χ2v) is 15.3. The van der Waals surface area contributed by atoms with E-state index in [1.165, 1.54) is 32.2 Å². The van der Waals surface area contributed by atoms with Crippen molar-refractivity contribution >= 4 is 35.3 Å². The van der Waals surface area contributed by atoms with E-state index in [1.807, 2.05) is 0 Å². The number of hydrogen-bond donors (Lipinski definition) is 7. The molecule has 0 saturated carbocycles. The predicted molar refractivity (Wildman–Crippen MR) is 195 cm³/mol. The van der Waals surface area contributed by atoms with E-state index < -0.39 is 132 Å².